The molecule has 0 bridgehead atoms. The van der Waals surface area contributed by atoms with Crippen LogP contribution in [-0.2, 0) is 14.4 Å². The molecule has 27 heavy (non-hydrogen) atoms. The number of aliphatic carboxylic acids is 1. The Morgan fingerprint density at radius 1 is 1.22 bits per heavy atom. The number of carbonyl (C=O) groups is 3. The molecule has 0 aliphatic heterocycles. The Morgan fingerprint density at radius 2 is 2.00 bits per heavy atom. The van der Waals surface area contributed by atoms with Gasteiger partial charge in [-0.3, -0.25) is 19.7 Å². The van der Waals surface area contributed by atoms with Crippen LogP contribution in [0, 0.1) is 6.92 Å². The van der Waals surface area contributed by atoms with Crippen molar-refractivity contribution in [2.45, 2.75) is 43.3 Å². The molecule has 8 nitrogen and oxygen atoms in total. The van der Waals surface area contributed by atoms with Crippen molar-refractivity contribution in [2.24, 2.45) is 0 Å². The molecule has 2 amide bonds. The summed E-state index contributed by atoms with van der Waals surface area (Å²) in [7, 11) is 0. The van der Waals surface area contributed by atoms with Crippen LogP contribution in [0.2, 0.25) is 0 Å². The van der Waals surface area contributed by atoms with E-state index in [1.165, 1.54) is 23.1 Å². The van der Waals surface area contributed by atoms with Gasteiger partial charge in [0.2, 0.25) is 16.9 Å². The van der Waals surface area contributed by atoms with Gasteiger partial charge in [-0.2, -0.15) is 0 Å². The Kier molecular flexibility index (Phi) is 7.74. The molecule has 3 N–H and O–H groups in total. The van der Waals surface area contributed by atoms with Gasteiger partial charge >= 0.3 is 5.97 Å². The topological polar surface area (TPSA) is 121 Å². The second-order valence-electron chi connectivity index (χ2n) is 5.60. The van der Waals surface area contributed by atoms with E-state index in [9.17, 15) is 14.4 Å². The van der Waals surface area contributed by atoms with Crippen LogP contribution in [-0.4, -0.2) is 38.3 Å². The lowest BCUT2D eigenvalue weighted by Gasteiger charge is -2.14. The van der Waals surface area contributed by atoms with E-state index in [1.807, 2.05) is 19.9 Å². The van der Waals surface area contributed by atoms with Crippen molar-refractivity contribution in [1.82, 2.24) is 10.2 Å². The maximum Gasteiger partial charge on any atom is 0.303 e. The van der Waals surface area contributed by atoms with E-state index in [1.54, 1.807) is 18.2 Å². The van der Waals surface area contributed by atoms with Gasteiger partial charge in [0.15, 0.2) is 0 Å². The molecule has 1 aromatic carbocycles. The van der Waals surface area contributed by atoms with Crippen molar-refractivity contribution >= 4 is 51.7 Å². The predicted molar refractivity (Wildman–Crippen MR) is 105 cm³/mol. The number of aryl methyl sites for hydroxylation is 1. The SMILES string of the molecule is CCC(Sc1cccc(NC(=O)CCC(=O)O)c1)C(=O)Nc1nnc(C)s1. The molecule has 1 unspecified atom stereocenters. The maximum absolute atomic E-state index is 12.5. The summed E-state index contributed by atoms with van der Waals surface area (Å²) in [6.45, 7) is 3.73. The summed E-state index contributed by atoms with van der Waals surface area (Å²) in [6.07, 6.45) is 0.306. The van der Waals surface area contributed by atoms with E-state index >= 15 is 0 Å². The lowest BCUT2D eigenvalue weighted by molar-refractivity contribution is -0.138. The van der Waals surface area contributed by atoms with Crippen LogP contribution in [0.5, 0.6) is 0 Å². The van der Waals surface area contributed by atoms with Gasteiger partial charge in [0.1, 0.15) is 5.01 Å². The Labute approximate surface area is 164 Å². The number of anilines is 2. The first-order chi connectivity index (χ1) is 12.9. The number of benzene rings is 1. The third-order valence-electron chi connectivity index (χ3n) is 3.38. The summed E-state index contributed by atoms with van der Waals surface area (Å²) in [5.41, 5.74) is 0.561. The number of thioether (sulfide) groups is 1. The molecule has 0 aliphatic carbocycles. The highest BCUT2D eigenvalue weighted by molar-refractivity contribution is 8.00. The van der Waals surface area contributed by atoms with Gasteiger partial charge in [-0.25, -0.2) is 0 Å². The van der Waals surface area contributed by atoms with Crippen molar-refractivity contribution in [1.29, 1.82) is 0 Å². The van der Waals surface area contributed by atoms with Gasteiger partial charge in [0.05, 0.1) is 11.7 Å². The number of aromatic nitrogens is 2. The van der Waals surface area contributed by atoms with Gasteiger partial charge in [-0.05, 0) is 31.5 Å². The van der Waals surface area contributed by atoms with Gasteiger partial charge in [0.25, 0.3) is 0 Å². The van der Waals surface area contributed by atoms with Crippen LogP contribution in [0.25, 0.3) is 0 Å². The first kappa shape index (κ1) is 20.8. The molecule has 0 radical (unpaired) electrons. The predicted octanol–water partition coefficient (Wildman–Crippen LogP) is 3.16. The van der Waals surface area contributed by atoms with Crippen LogP contribution >= 0.6 is 23.1 Å². The summed E-state index contributed by atoms with van der Waals surface area (Å²) >= 11 is 2.69. The number of carbonyl (C=O) groups excluding carboxylic acids is 2. The fourth-order valence-corrected chi connectivity index (χ4v) is 3.72. The van der Waals surface area contributed by atoms with Crippen LogP contribution in [0.3, 0.4) is 0 Å². The zero-order valence-corrected chi connectivity index (χ0v) is 16.5. The lowest BCUT2D eigenvalue weighted by Crippen LogP contribution is -2.24. The van der Waals surface area contributed by atoms with E-state index in [-0.39, 0.29) is 29.9 Å². The minimum absolute atomic E-state index is 0.0893. The van der Waals surface area contributed by atoms with Crippen molar-refractivity contribution in [3.8, 4) is 0 Å². The number of hydrogen-bond acceptors (Lipinski definition) is 7. The summed E-state index contributed by atoms with van der Waals surface area (Å²) in [4.78, 5) is 35.6. The first-order valence-electron chi connectivity index (χ1n) is 8.26. The summed E-state index contributed by atoms with van der Waals surface area (Å²) in [6, 6.07) is 7.10. The molecule has 144 valence electrons. The molecule has 1 atom stereocenters. The quantitative estimate of drug-likeness (QED) is 0.545. The Bertz CT molecular complexity index is 825. The van der Waals surface area contributed by atoms with Crippen molar-refractivity contribution in [3.05, 3.63) is 29.3 Å². The van der Waals surface area contributed by atoms with E-state index < -0.39 is 5.97 Å². The van der Waals surface area contributed by atoms with E-state index in [4.69, 9.17) is 5.11 Å². The highest BCUT2D eigenvalue weighted by Gasteiger charge is 2.19. The molecule has 0 spiro atoms. The molecule has 1 heterocycles. The number of nitrogens with one attached hydrogen (secondary N) is 2. The number of hydrogen-bond donors (Lipinski definition) is 3. The van der Waals surface area contributed by atoms with Gasteiger partial charge < -0.3 is 10.4 Å². The van der Waals surface area contributed by atoms with Crippen molar-refractivity contribution in [3.63, 3.8) is 0 Å². The molecule has 1 aromatic heterocycles. The van der Waals surface area contributed by atoms with E-state index in [2.05, 4.69) is 20.8 Å². The number of rotatable bonds is 9. The molecular formula is C17H20N4O4S2. The zero-order chi connectivity index (χ0) is 19.8. The van der Waals surface area contributed by atoms with Crippen LogP contribution in [0.15, 0.2) is 29.2 Å². The van der Waals surface area contributed by atoms with E-state index in [0.717, 1.165) is 9.90 Å². The highest BCUT2D eigenvalue weighted by atomic mass is 32.2. The Morgan fingerprint density at radius 3 is 2.63 bits per heavy atom. The number of nitrogens with zero attached hydrogens (tertiary/aromatic N) is 2. The molecule has 2 aromatic rings. The lowest BCUT2D eigenvalue weighted by atomic mass is 10.2. The van der Waals surface area contributed by atoms with Crippen molar-refractivity contribution < 1.29 is 19.5 Å². The standard InChI is InChI=1S/C17H20N4O4S2/c1-3-13(16(25)19-17-21-20-10(2)26-17)27-12-6-4-5-11(9-12)18-14(22)7-8-15(23)24/h4-6,9,13H,3,7-8H2,1-2H3,(H,18,22)(H,23,24)(H,19,21,25). The minimum Gasteiger partial charge on any atom is -0.481 e. The fraction of sp³-hybridized carbons (Fsp3) is 0.353. The normalized spacial score (nSPS) is 11.6. The van der Waals surface area contributed by atoms with Gasteiger partial charge in [-0.1, -0.05) is 24.3 Å². The third-order valence-corrected chi connectivity index (χ3v) is 5.49. The summed E-state index contributed by atoms with van der Waals surface area (Å²) in [5.74, 6) is -1.54. The van der Waals surface area contributed by atoms with Crippen LogP contribution < -0.4 is 10.6 Å². The fourth-order valence-electron chi connectivity index (χ4n) is 2.11. The average molecular weight is 409 g/mol. The molecule has 0 fully saturated rings. The Balaban J connectivity index is 1.97. The van der Waals surface area contributed by atoms with E-state index in [0.29, 0.717) is 17.2 Å². The average Bonchev–Trinajstić information content (AvgIpc) is 3.03. The highest BCUT2D eigenvalue weighted by Crippen LogP contribution is 2.29. The van der Waals surface area contributed by atoms with Crippen LogP contribution in [0.1, 0.15) is 31.2 Å². The molecular weight excluding hydrogens is 388 g/mol. The summed E-state index contributed by atoms with van der Waals surface area (Å²) in [5, 5.41) is 22.8. The molecule has 0 saturated heterocycles. The van der Waals surface area contributed by atoms with Gasteiger partial charge in [-0.15, -0.1) is 22.0 Å². The maximum atomic E-state index is 12.5. The smallest absolute Gasteiger partial charge is 0.303 e. The monoisotopic (exact) mass is 408 g/mol. The number of carboxylic acid groups (broad SMARTS) is 1. The van der Waals surface area contributed by atoms with Gasteiger partial charge in [0, 0.05) is 17.0 Å². The second kappa shape index (κ2) is 10.0. The Hall–Kier alpha value is -2.46. The van der Waals surface area contributed by atoms with Crippen LogP contribution in [0.4, 0.5) is 10.8 Å². The largest absolute Gasteiger partial charge is 0.481 e. The molecule has 0 aliphatic rings. The first-order valence-corrected chi connectivity index (χ1v) is 9.96. The van der Waals surface area contributed by atoms with Crippen molar-refractivity contribution in [2.75, 3.05) is 10.6 Å². The molecule has 10 heteroatoms. The third kappa shape index (κ3) is 6.99. The number of carboxylic acids is 1. The minimum atomic E-state index is -1.02. The second-order valence-corrected chi connectivity index (χ2v) is 8.06. The zero-order valence-electron chi connectivity index (χ0n) is 14.9. The molecule has 0 saturated carbocycles. The molecule has 2 rings (SSSR count). The summed E-state index contributed by atoms with van der Waals surface area (Å²) < 4.78 is 0. The number of amides is 2.